The van der Waals surface area contributed by atoms with Crippen molar-refractivity contribution in [3.8, 4) is 22.5 Å². The SMILES string of the molecule is CCCCn1nc(CC)nc1Cc1ccc(-c2ccccc2-c2nnn[nH]2)cc1. The summed E-state index contributed by atoms with van der Waals surface area (Å²) in [6.45, 7) is 5.22. The number of aromatic nitrogens is 7. The Morgan fingerprint density at radius 1 is 0.966 bits per heavy atom. The molecule has 2 aromatic heterocycles. The molecule has 0 amide bonds. The fourth-order valence-corrected chi connectivity index (χ4v) is 3.39. The van der Waals surface area contributed by atoms with Crippen LogP contribution in [0.5, 0.6) is 0 Å². The number of benzene rings is 2. The molecule has 2 aromatic carbocycles. The standard InChI is InChI=1S/C22H25N7/c1-3-5-14-29-21(23-20(4-2)26-29)15-16-10-12-17(13-11-16)18-8-6-7-9-19(18)22-24-27-28-25-22/h6-13H,3-5,14-15H2,1-2H3,(H,24,25,27,28). The smallest absolute Gasteiger partial charge is 0.180 e. The van der Waals surface area contributed by atoms with Crippen molar-refractivity contribution in [2.24, 2.45) is 0 Å². The molecule has 0 radical (unpaired) electrons. The summed E-state index contributed by atoms with van der Waals surface area (Å²) >= 11 is 0. The fraction of sp³-hybridized carbons (Fsp3) is 0.318. The van der Waals surface area contributed by atoms with Crippen molar-refractivity contribution in [3.63, 3.8) is 0 Å². The lowest BCUT2D eigenvalue weighted by molar-refractivity contribution is 0.546. The predicted octanol–water partition coefficient (Wildman–Crippen LogP) is 4.08. The second-order valence-electron chi connectivity index (χ2n) is 7.04. The van der Waals surface area contributed by atoms with E-state index in [9.17, 15) is 0 Å². The van der Waals surface area contributed by atoms with Crippen LogP contribution in [0.25, 0.3) is 22.5 Å². The highest BCUT2D eigenvalue weighted by molar-refractivity contribution is 5.80. The first-order chi connectivity index (χ1) is 14.3. The summed E-state index contributed by atoms with van der Waals surface area (Å²) in [6.07, 6.45) is 3.91. The fourth-order valence-electron chi connectivity index (χ4n) is 3.39. The Morgan fingerprint density at radius 2 is 1.76 bits per heavy atom. The first kappa shape index (κ1) is 19.0. The normalized spacial score (nSPS) is 11.1. The maximum atomic E-state index is 4.73. The van der Waals surface area contributed by atoms with E-state index >= 15 is 0 Å². The van der Waals surface area contributed by atoms with Crippen molar-refractivity contribution in [3.05, 3.63) is 65.7 Å². The average Bonchev–Trinajstić information content (AvgIpc) is 3.43. The zero-order valence-electron chi connectivity index (χ0n) is 16.8. The van der Waals surface area contributed by atoms with Crippen molar-refractivity contribution in [2.75, 3.05) is 0 Å². The Bertz CT molecular complexity index is 1050. The molecule has 0 saturated carbocycles. The molecule has 0 spiro atoms. The Hall–Kier alpha value is -3.35. The minimum absolute atomic E-state index is 0.667. The Kier molecular flexibility index (Phi) is 5.74. The van der Waals surface area contributed by atoms with E-state index in [4.69, 9.17) is 4.98 Å². The molecular formula is C22H25N7. The Morgan fingerprint density at radius 3 is 2.45 bits per heavy atom. The highest BCUT2D eigenvalue weighted by Crippen LogP contribution is 2.29. The van der Waals surface area contributed by atoms with E-state index in [0.29, 0.717) is 5.82 Å². The number of hydrogen-bond acceptors (Lipinski definition) is 5. The van der Waals surface area contributed by atoms with Gasteiger partial charge in [0.1, 0.15) is 5.82 Å². The van der Waals surface area contributed by atoms with Crippen molar-refractivity contribution >= 4 is 0 Å². The predicted molar refractivity (Wildman–Crippen MR) is 112 cm³/mol. The lowest BCUT2D eigenvalue weighted by atomic mass is 9.98. The molecule has 0 saturated heterocycles. The van der Waals surface area contributed by atoms with Crippen molar-refractivity contribution in [1.29, 1.82) is 0 Å². The van der Waals surface area contributed by atoms with Gasteiger partial charge in [-0.05, 0) is 33.5 Å². The molecule has 7 nitrogen and oxygen atoms in total. The Labute approximate surface area is 170 Å². The molecule has 0 fully saturated rings. The quantitative estimate of drug-likeness (QED) is 0.492. The van der Waals surface area contributed by atoms with E-state index in [1.54, 1.807) is 0 Å². The third-order valence-corrected chi connectivity index (χ3v) is 4.99. The minimum Gasteiger partial charge on any atom is -0.249 e. The number of H-pyrrole nitrogens is 1. The van der Waals surface area contributed by atoms with Gasteiger partial charge in [0, 0.05) is 24.9 Å². The summed E-state index contributed by atoms with van der Waals surface area (Å²) < 4.78 is 2.07. The molecule has 0 aliphatic carbocycles. The molecule has 29 heavy (non-hydrogen) atoms. The largest absolute Gasteiger partial charge is 0.249 e. The maximum absolute atomic E-state index is 4.73. The first-order valence-electron chi connectivity index (χ1n) is 10.1. The molecule has 4 aromatic rings. The van der Waals surface area contributed by atoms with Crippen LogP contribution in [-0.2, 0) is 19.4 Å². The number of aromatic amines is 1. The second kappa shape index (κ2) is 8.77. The molecule has 0 unspecified atom stereocenters. The number of hydrogen-bond donors (Lipinski definition) is 1. The molecule has 0 aliphatic heterocycles. The van der Waals surface area contributed by atoms with Crippen LogP contribution in [0.4, 0.5) is 0 Å². The molecular weight excluding hydrogens is 362 g/mol. The molecule has 7 heteroatoms. The summed E-state index contributed by atoms with van der Waals surface area (Å²) in [5, 5.41) is 18.9. The van der Waals surface area contributed by atoms with Gasteiger partial charge in [0.2, 0.25) is 0 Å². The van der Waals surface area contributed by atoms with E-state index in [-0.39, 0.29) is 0 Å². The minimum atomic E-state index is 0.667. The summed E-state index contributed by atoms with van der Waals surface area (Å²) in [5.41, 5.74) is 4.43. The summed E-state index contributed by atoms with van der Waals surface area (Å²) in [6, 6.07) is 16.7. The van der Waals surface area contributed by atoms with Gasteiger partial charge in [0.05, 0.1) is 0 Å². The van der Waals surface area contributed by atoms with E-state index in [0.717, 1.165) is 60.6 Å². The average molecular weight is 387 g/mol. The Balaban J connectivity index is 1.58. The molecule has 2 heterocycles. The zero-order chi connectivity index (χ0) is 20.1. The lowest BCUT2D eigenvalue weighted by Crippen LogP contribution is -2.06. The molecule has 0 atom stereocenters. The van der Waals surface area contributed by atoms with Crippen LogP contribution in [0.15, 0.2) is 48.5 Å². The number of nitrogens with zero attached hydrogens (tertiary/aromatic N) is 6. The van der Waals surface area contributed by atoms with Crippen LogP contribution >= 0.6 is 0 Å². The van der Waals surface area contributed by atoms with Gasteiger partial charge in [0.15, 0.2) is 11.6 Å². The van der Waals surface area contributed by atoms with Crippen molar-refractivity contribution in [2.45, 2.75) is 46.1 Å². The van der Waals surface area contributed by atoms with Crippen LogP contribution in [0, 0.1) is 0 Å². The monoisotopic (exact) mass is 387 g/mol. The van der Waals surface area contributed by atoms with E-state index < -0.39 is 0 Å². The molecule has 1 N–H and O–H groups in total. The number of rotatable bonds is 8. The van der Waals surface area contributed by atoms with Gasteiger partial charge in [-0.15, -0.1) is 5.10 Å². The van der Waals surface area contributed by atoms with Crippen molar-refractivity contribution < 1.29 is 0 Å². The third kappa shape index (κ3) is 4.23. The zero-order valence-corrected chi connectivity index (χ0v) is 16.8. The van der Waals surface area contributed by atoms with E-state index in [2.05, 4.69) is 74.6 Å². The van der Waals surface area contributed by atoms with Gasteiger partial charge in [0.25, 0.3) is 0 Å². The molecule has 148 valence electrons. The van der Waals surface area contributed by atoms with Crippen LogP contribution in [0.3, 0.4) is 0 Å². The van der Waals surface area contributed by atoms with Gasteiger partial charge in [-0.2, -0.15) is 5.10 Å². The van der Waals surface area contributed by atoms with Crippen LogP contribution < -0.4 is 0 Å². The third-order valence-electron chi connectivity index (χ3n) is 4.99. The first-order valence-corrected chi connectivity index (χ1v) is 10.1. The van der Waals surface area contributed by atoms with Crippen LogP contribution in [0.2, 0.25) is 0 Å². The molecule has 0 bridgehead atoms. The number of tetrazole rings is 1. The topological polar surface area (TPSA) is 85.2 Å². The van der Waals surface area contributed by atoms with E-state index in [1.165, 1.54) is 5.56 Å². The molecule has 0 aliphatic rings. The summed E-state index contributed by atoms with van der Waals surface area (Å²) in [4.78, 5) is 4.73. The number of aryl methyl sites for hydroxylation is 2. The van der Waals surface area contributed by atoms with Crippen LogP contribution in [0.1, 0.15) is 43.9 Å². The van der Waals surface area contributed by atoms with Crippen LogP contribution in [-0.4, -0.2) is 35.4 Å². The number of nitrogens with one attached hydrogen (secondary N) is 1. The summed E-state index contributed by atoms with van der Waals surface area (Å²) in [7, 11) is 0. The lowest BCUT2D eigenvalue weighted by Gasteiger charge is -2.09. The highest BCUT2D eigenvalue weighted by atomic mass is 15.5. The van der Waals surface area contributed by atoms with Gasteiger partial charge in [-0.25, -0.2) is 14.8 Å². The van der Waals surface area contributed by atoms with Gasteiger partial charge < -0.3 is 0 Å². The van der Waals surface area contributed by atoms with Gasteiger partial charge in [-0.3, -0.25) is 0 Å². The number of unbranched alkanes of at least 4 members (excludes halogenated alkanes) is 1. The maximum Gasteiger partial charge on any atom is 0.180 e. The van der Waals surface area contributed by atoms with Crippen molar-refractivity contribution in [1.82, 2.24) is 35.4 Å². The highest BCUT2D eigenvalue weighted by Gasteiger charge is 2.12. The van der Waals surface area contributed by atoms with E-state index in [1.807, 2.05) is 18.2 Å². The van der Waals surface area contributed by atoms with Gasteiger partial charge in [-0.1, -0.05) is 68.8 Å². The van der Waals surface area contributed by atoms with Gasteiger partial charge >= 0.3 is 0 Å². The molecule has 4 rings (SSSR count). The summed E-state index contributed by atoms with van der Waals surface area (Å²) in [5.74, 6) is 2.62. The second-order valence-corrected chi connectivity index (χ2v) is 7.04.